The smallest absolute Gasteiger partial charge is 0.325 e. The Hall–Kier alpha value is -1.06. The third kappa shape index (κ3) is 3.20. The monoisotopic (exact) mass is 253 g/mol. The second-order valence-corrected chi connectivity index (χ2v) is 5.64. The molecule has 0 aliphatic carbocycles. The number of rotatable bonds is 2. The van der Waals surface area contributed by atoms with Gasteiger partial charge in [-0.1, -0.05) is 23.7 Å². The average Bonchev–Trinajstić information content (AvgIpc) is 2.96. The Kier molecular flexibility index (Phi) is 3.15. The van der Waals surface area contributed by atoms with E-state index in [9.17, 15) is 4.79 Å². The molecule has 1 aliphatic heterocycles. The number of halogens is 1. The number of nitrogens with one attached hydrogen (secondary N) is 1. The maximum Gasteiger partial charge on any atom is 0.325 e. The number of hydrogen-bond acceptors (Lipinski definition) is 3. The highest BCUT2D eigenvalue weighted by atomic mass is 35.5. The summed E-state index contributed by atoms with van der Waals surface area (Å²) in [5.41, 5.74) is 0.622. The SMILES string of the molecule is CC(C)(C)OC(=O)[C@H]1N[C@@H]1c1ccc(Cl)cc1. The van der Waals surface area contributed by atoms with Crippen LogP contribution in [-0.2, 0) is 9.53 Å². The number of hydrogen-bond donors (Lipinski definition) is 1. The predicted octanol–water partition coefficient (Wildman–Crippen LogP) is 2.69. The molecule has 1 aromatic carbocycles. The highest BCUT2D eigenvalue weighted by molar-refractivity contribution is 6.30. The summed E-state index contributed by atoms with van der Waals surface area (Å²) >= 11 is 5.81. The van der Waals surface area contributed by atoms with Crippen molar-refractivity contribution < 1.29 is 9.53 Å². The van der Waals surface area contributed by atoms with E-state index in [1.54, 1.807) is 0 Å². The van der Waals surface area contributed by atoms with Gasteiger partial charge in [0, 0.05) is 5.02 Å². The zero-order valence-corrected chi connectivity index (χ0v) is 10.9. The molecule has 0 radical (unpaired) electrons. The fourth-order valence-electron chi connectivity index (χ4n) is 1.67. The molecule has 1 fully saturated rings. The quantitative estimate of drug-likeness (QED) is 0.651. The first kappa shape index (κ1) is 12.4. The third-order valence-electron chi connectivity index (χ3n) is 2.47. The van der Waals surface area contributed by atoms with E-state index in [1.165, 1.54) is 0 Å². The Morgan fingerprint density at radius 2 is 1.88 bits per heavy atom. The molecule has 2 atom stereocenters. The van der Waals surface area contributed by atoms with E-state index in [-0.39, 0.29) is 18.1 Å². The van der Waals surface area contributed by atoms with Gasteiger partial charge in [0.25, 0.3) is 0 Å². The van der Waals surface area contributed by atoms with Crippen molar-refractivity contribution in [2.75, 3.05) is 0 Å². The Bertz CT molecular complexity index is 422. The highest BCUT2D eigenvalue weighted by Gasteiger charge is 2.45. The average molecular weight is 254 g/mol. The second kappa shape index (κ2) is 4.31. The summed E-state index contributed by atoms with van der Waals surface area (Å²) < 4.78 is 5.31. The van der Waals surface area contributed by atoms with Crippen molar-refractivity contribution in [2.45, 2.75) is 38.5 Å². The molecule has 4 heteroatoms. The van der Waals surface area contributed by atoms with Gasteiger partial charge in [0.15, 0.2) is 0 Å². The van der Waals surface area contributed by atoms with Gasteiger partial charge in [-0.2, -0.15) is 0 Å². The summed E-state index contributed by atoms with van der Waals surface area (Å²) in [6.45, 7) is 5.60. The van der Waals surface area contributed by atoms with Gasteiger partial charge in [-0.25, -0.2) is 0 Å². The van der Waals surface area contributed by atoms with Gasteiger partial charge in [0.1, 0.15) is 11.6 Å². The second-order valence-electron chi connectivity index (χ2n) is 5.21. The Labute approximate surface area is 106 Å². The first-order chi connectivity index (χ1) is 7.87. The van der Waals surface area contributed by atoms with Crippen molar-refractivity contribution in [2.24, 2.45) is 0 Å². The van der Waals surface area contributed by atoms with E-state index in [1.807, 2.05) is 45.0 Å². The fraction of sp³-hybridized carbons (Fsp3) is 0.462. The van der Waals surface area contributed by atoms with Crippen LogP contribution in [0, 0.1) is 0 Å². The lowest BCUT2D eigenvalue weighted by Gasteiger charge is -2.19. The topological polar surface area (TPSA) is 48.2 Å². The van der Waals surface area contributed by atoms with Crippen molar-refractivity contribution in [1.29, 1.82) is 0 Å². The Balaban J connectivity index is 1.96. The number of benzene rings is 1. The molecule has 2 rings (SSSR count). The lowest BCUT2D eigenvalue weighted by Crippen LogP contribution is -2.27. The van der Waals surface area contributed by atoms with Gasteiger partial charge in [-0.3, -0.25) is 10.1 Å². The van der Waals surface area contributed by atoms with Crippen LogP contribution in [0.3, 0.4) is 0 Å². The van der Waals surface area contributed by atoms with Gasteiger partial charge in [0.05, 0.1) is 6.04 Å². The maximum absolute atomic E-state index is 11.8. The molecule has 0 unspecified atom stereocenters. The van der Waals surface area contributed by atoms with Gasteiger partial charge < -0.3 is 4.74 Å². The summed E-state index contributed by atoms with van der Waals surface area (Å²) in [7, 11) is 0. The van der Waals surface area contributed by atoms with Crippen LogP contribution in [0.25, 0.3) is 0 Å². The van der Waals surface area contributed by atoms with Crippen LogP contribution in [0.5, 0.6) is 0 Å². The van der Waals surface area contributed by atoms with Gasteiger partial charge in [0.2, 0.25) is 0 Å². The molecule has 1 N–H and O–H groups in total. The van der Waals surface area contributed by atoms with Crippen molar-refractivity contribution in [3.63, 3.8) is 0 Å². The lowest BCUT2D eigenvalue weighted by molar-refractivity contribution is -0.154. The van der Waals surface area contributed by atoms with Crippen LogP contribution < -0.4 is 5.32 Å². The molecule has 92 valence electrons. The molecular weight excluding hydrogens is 238 g/mol. The largest absolute Gasteiger partial charge is 0.459 e. The first-order valence-corrected chi connectivity index (χ1v) is 5.99. The van der Waals surface area contributed by atoms with E-state index < -0.39 is 5.60 Å². The summed E-state index contributed by atoms with van der Waals surface area (Å²) in [5.74, 6) is -0.197. The molecule has 0 spiro atoms. The van der Waals surface area contributed by atoms with Crippen LogP contribution in [0.4, 0.5) is 0 Å². The molecule has 1 aromatic rings. The molecule has 1 saturated heterocycles. The molecule has 17 heavy (non-hydrogen) atoms. The summed E-state index contributed by atoms with van der Waals surface area (Å²) in [4.78, 5) is 11.8. The molecule has 0 saturated carbocycles. The number of carbonyl (C=O) groups is 1. The summed E-state index contributed by atoms with van der Waals surface area (Å²) in [6.07, 6.45) is 0. The first-order valence-electron chi connectivity index (χ1n) is 5.61. The zero-order chi connectivity index (χ0) is 12.6. The van der Waals surface area contributed by atoms with E-state index in [0.717, 1.165) is 5.56 Å². The zero-order valence-electron chi connectivity index (χ0n) is 10.2. The van der Waals surface area contributed by atoms with Crippen LogP contribution in [-0.4, -0.2) is 17.6 Å². The van der Waals surface area contributed by atoms with E-state index in [0.29, 0.717) is 5.02 Å². The third-order valence-corrected chi connectivity index (χ3v) is 2.73. The van der Waals surface area contributed by atoms with Crippen molar-refractivity contribution in [3.8, 4) is 0 Å². The minimum absolute atomic E-state index is 0.0575. The molecule has 1 aliphatic rings. The highest BCUT2D eigenvalue weighted by Crippen LogP contribution is 2.32. The predicted molar refractivity (Wildman–Crippen MR) is 67.0 cm³/mol. The van der Waals surface area contributed by atoms with E-state index >= 15 is 0 Å². The van der Waals surface area contributed by atoms with Crippen LogP contribution in [0.15, 0.2) is 24.3 Å². The Morgan fingerprint density at radius 3 is 2.41 bits per heavy atom. The minimum atomic E-state index is -0.439. The Morgan fingerprint density at radius 1 is 1.29 bits per heavy atom. The number of ether oxygens (including phenoxy) is 1. The van der Waals surface area contributed by atoms with Gasteiger partial charge >= 0.3 is 5.97 Å². The molecule has 0 bridgehead atoms. The standard InChI is InChI=1S/C13H16ClNO2/c1-13(2,3)17-12(16)11-10(15-11)8-4-6-9(14)7-5-8/h4-7,10-11,15H,1-3H3/t10-,11+/m1/s1. The molecule has 3 nitrogen and oxygen atoms in total. The molecule has 0 amide bonds. The maximum atomic E-state index is 11.8. The van der Waals surface area contributed by atoms with Gasteiger partial charge in [-0.05, 0) is 38.5 Å². The fourth-order valence-corrected chi connectivity index (χ4v) is 1.79. The van der Waals surface area contributed by atoms with Crippen molar-refractivity contribution in [3.05, 3.63) is 34.9 Å². The van der Waals surface area contributed by atoms with E-state index in [4.69, 9.17) is 16.3 Å². The lowest BCUT2D eigenvalue weighted by atomic mass is 10.1. The van der Waals surface area contributed by atoms with Gasteiger partial charge in [-0.15, -0.1) is 0 Å². The molecule has 0 aromatic heterocycles. The van der Waals surface area contributed by atoms with Crippen LogP contribution in [0.2, 0.25) is 5.02 Å². The van der Waals surface area contributed by atoms with Crippen LogP contribution in [0.1, 0.15) is 32.4 Å². The molecular formula is C13H16ClNO2. The van der Waals surface area contributed by atoms with E-state index in [2.05, 4.69) is 5.32 Å². The summed E-state index contributed by atoms with van der Waals surface area (Å²) in [6, 6.07) is 7.32. The minimum Gasteiger partial charge on any atom is -0.459 e. The number of esters is 1. The summed E-state index contributed by atoms with van der Waals surface area (Å²) in [5, 5.41) is 3.81. The van der Waals surface area contributed by atoms with Crippen LogP contribution >= 0.6 is 11.6 Å². The van der Waals surface area contributed by atoms with Crippen molar-refractivity contribution >= 4 is 17.6 Å². The van der Waals surface area contributed by atoms with Crippen molar-refractivity contribution in [1.82, 2.24) is 5.32 Å². The molecule has 1 heterocycles. The number of carbonyl (C=O) groups excluding carboxylic acids is 1. The normalized spacial score (nSPS) is 23.3.